The molecule has 84 valence electrons. The summed E-state index contributed by atoms with van der Waals surface area (Å²) in [6.45, 7) is 4.07. The molecule has 1 aromatic heterocycles. The van der Waals surface area contributed by atoms with Gasteiger partial charge in [0, 0.05) is 17.5 Å². The van der Waals surface area contributed by atoms with Crippen LogP contribution in [0.5, 0.6) is 5.88 Å². The summed E-state index contributed by atoms with van der Waals surface area (Å²) in [4.78, 5) is 4.26. The molecule has 0 aliphatic heterocycles. The van der Waals surface area contributed by atoms with Crippen LogP contribution in [0.4, 0.5) is 5.82 Å². The number of ether oxygens (including phenoxy) is 1. The van der Waals surface area contributed by atoms with E-state index < -0.39 is 0 Å². The number of nitrogens with one attached hydrogen (secondary N) is 1. The van der Waals surface area contributed by atoms with Gasteiger partial charge in [-0.15, -0.1) is 11.6 Å². The van der Waals surface area contributed by atoms with Gasteiger partial charge in [-0.3, -0.25) is 0 Å². The fourth-order valence-electron chi connectivity index (χ4n) is 1.41. The molecule has 0 aliphatic rings. The van der Waals surface area contributed by atoms with Crippen molar-refractivity contribution in [2.24, 2.45) is 0 Å². The van der Waals surface area contributed by atoms with Crippen LogP contribution in [0.15, 0.2) is 18.2 Å². The monoisotopic (exact) mass is 228 g/mol. The highest BCUT2D eigenvalue weighted by molar-refractivity contribution is 6.20. The van der Waals surface area contributed by atoms with E-state index in [1.807, 2.05) is 25.1 Å². The first-order chi connectivity index (χ1) is 7.11. The summed E-state index contributed by atoms with van der Waals surface area (Å²) in [5.41, 5.74) is 0. The third kappa shape index (κ3) is 4.38. The lowest BCUT2D eigenvalue weighted by Gasteiger charge is -2.15. The zero-order valence-electron chi connectivity index (χ0n) is 9.33. The molecule has 0 saturated heterocycles. The molecule has 0 radical (unpaired) electrons. The van der Waals surface area contributed by atoms with Gasteiger partial charge in [-0.05, 0) is 26.3 Å². The summed E-state index contributed by atoms with van der Waals surface area (Å²) in [5, 5.41) is 3.44. The van der Waals surface area contributed by atoms with E-state index in [1.165, 1.54) is 0 Å². The fourth-order valence-corrected chi connectivity index (χ4v) is 1.67. The van der Waals surface area contributed by atoms with Gasteiger partial charge in [-0.1, -0.05) is 6.07 Å². The number of pyridine rings is 1. The number of hydrogen-bond donors (Lipinski definition) is 1. The molecular formula is C11H17ClN2O. The predicted molar refractivity (Wildman–Crippen MR) is 63.8 cm³/mol. The summed E-state index contributed by atoms with van der Waals surface area (Å²) in [6.07, 6.45) is 0.903. The number of rotatable bonds is 5. The Morgan fingerprint density at radius 2 is 2.20 bits per heavy atom. The van der Waals surface area contributed by atoms with Gasteiger partial charge in [0.15, 0.2) is 0 Å². The highest BCUT2D eigenvalue weighted by Gasteiger charge is 2.06. The first-order valence-electron chi connectivity index (χ1n) is 5.03. The molecule has 3 nitrogen and oxygen atoms in total. The van der Waals surface area contributed by atoms with Crippen LogP contribution in [0.25, 0.3) is 0 Å². The summed E-state index contributed by atoms with van der Waals surface area (Å²) in [7, 11) is 1.61. The second kappa shape index (κ2) is 5.81. The van der Waals surface area contributed by atoms with Crippen LogP contribution < -0.4 is 10.1 Å². The van der Waals surface area contributed by atoms with E-state index in [0.29, 0.717) is 11.9 Å². The number of nitrogens with zero attached hydrogens (tertiary/aromatic N) is 1. The molecule has 1 heterocycles. The van der Waals surface area contributed by atoms with Crippen LogP contribution in [0.1, 0.15) is 20.3 Å². The van der Waals surface area contributed by atoms with Crippen molar-refractivity contribution in [1.29, 1.82) is 0 Å². The molecule has 1 aromatic rings. The molecule has 0 spiro atoms. The molecule has 0 amide bonds. The normalized spacial score (nSPS) is 14.4. The number of anilines is 1. The van der Waals surface area contributed by atoms with Crippen molar-refractivity contribution in [3.63, 3.8) is 0 Å². The van der Waals surface area contributed by atoms with E-state index in [4.69, 9.17) is 16.3 Å². The number of hydrogen-bond acceptors (Lipinski definition) is 3. The van der Waals surface area contributed by atoms with Gasteiger partial charge in [0.2, 0.25) is 5.88 Å². The van der Waals surface area contributed by atoms with Gasteiger partial charge in [0.05, 0.1) is 7.11 Å². The Hall–Kier alpha value is -0.960. The molecule has 15 heavy (non-hydrogen) atoms. The van der Waals surface area contributed by atoms with Crippen LogP contribution in [0, 0.1) is 0 Å². The first kappa shape index (κ1) is 12.1. The summed E-state index contributed by atoms with van der Waals surface area (Å²) < 4.78 is 5.04. The largest absolute Gasteiger partial charge is 0.481 e. The van der Waals surface area contributed by atoms with E-state index >= 15 is 0 Å². The minimum atomic E-state index is 0.165. The van der Waals surface area contributed by atoms with Gasteiger partial charge in [0.1, 0.15) is 5.82 Å². The molecule has 0 saturated carbocycles. The molecule has 2 unspecified atom stereocenters. The standard InChI is InChI=1S/C11H17ClN2O/c1-8(12)7-9(2)13-10-5-4-6-11(14-10)15-3/h4-6,8-9H,7H2,1-3H3,(H,13,14). The number of aromatic nitrogens is 1. The van der Waals surface area contributed by atoms with Crippen LogP contribution in [-0.4, -0.2) is 23.5 Å². The first-order valence-corrected chi connectivity index (χ1v) is 5.47. The maximum Gasteiger partial charge on any atom is 0.214 e. The van der Waals surface area contributed by atoms with Crippen LogP contribution in [0.3, 0.4) is 0 Å². The van der Waals surface area contributed by atoms with Crippen LogP contribution >= 0.6 is 11.6 Å². The number of halogens is 1. The average Bonchev–Trinajstić information content (AvgIpc) is 2.16. The Morgan fingerprint density at radius 3 is 2.80 bits per heavy atom. The molecule has 0 bridgehead atoms. The molecule has 2 atom stereocenters. The third-order valence-electron chi connectivity index (χ3n) is 2.01. The lowest BCUT2D eigenvalue weighted by molar-refractivity contribution is 0.398. The summed E-state index contributed by atoms with van der Waals surface area (Å²) in [6, 6.07) is 5.94. The molecule has 0 aromatic carbocycles. The molecule has 1 N–H and O–H groups in total. The van der Waals surface area contributed by atoms with Crippen molar-refractivity contribution in [2.45, 2.75) is 31.7 Å². The lowest BCUT2D eigenvalue weighted by atomic mass is 10.2. The Bertz CT molecular complexity index is 304. The van der Waals surface area contributed by atoms with Crippen molar-refractivity contribution in [3.05, 3.63) is 18.2 Å². The second-order valence-corrected chi connectivity index (χ2v) is 4.37. The van der Waals surface area contributed by atoms with Crippen molar-refractivity contribution in [3.8, 4) is 5.88 Å². The predicted octanol–water partition coefficient (Wildman–Crippen LogP) is 2.91. The maximum absolute atomic E-state index is 5.91. The van der Waals surface area contributed by atoms with Crippen molar-refractivity contribution in [1.82, 2.24) is 4.98 Å². The van der Waals surface area contributed by atoms with Crippen LogP contribution in [0.2, 0.25) is 0 Å². The molecule has 0 aliphatic carbocycles. The Labute approximate surface area is 95.8 Å². The SMILES string of the molecule is COc1cccc(NC(C)CC(C)Cl)n1. The minimum Gasteiger partial charge on any atom is -0.481 e. The zero-order valence-corrected chi connectivity index (χ0v) is 10.1. The molecular weight excluding hydrogens is 212 g/mol. The maximum atomic E-state index is 5.91. The lowest BCUT2D eigenvalue weighted by Crippen LogP contribution is -2.19. The molecule has 4 heteroatoms. The van der Waals surface area contributed by atoms with E-state index in [-0.39, 0.29) is 5.38 Å². The number of methoxy groups -OCH3 is 1. The van der Waals surface area contributed by atoms with Gasteiger partial charge in [-0.2, -0.15) is 4.98 Å². The Morgan fingerprint density at radius 1 is 1.47 bits per heavy atom. The smallest absolute Gasteiger partial charge is 0.214 e. The van der Waals surface area contributed by atoms with Gasteiger partial charge < -0.3 is 10.1 Å². The zero-order chi connectivity index (χ0) is 11.3. The minimum absolute atomic E-state index is 0.165. The van der Waals surface area contributed by atoms with E-state index in [2.05, 4.69) is 17.2 Å². The van der Waals surface area contributed by atoms with Gasteiger partial charge in [-0.25, -0.2) is 0 Å². The van der Waals surface area contributed by atoms with Crippen molar-refractivity contribution < 1.29 is 4.74 Å². The summed E-state index contributed by atoms with van der Waals surface area (Å²) >= 11 is 5.91. The molecule has 1 rings (SSSR count). The fraction of sp³-hybridized carbons (Fsp3) is 0.545. The van der Waals surface area contributed by atoms with Gasteiger partial charge in [0.25, 0.3) is 0 Å². The average molecular weight is 229 g/mol. The van der Waals surface area contributed by atoms with Crippen LogP contribution in [-0.2, 0) is 0 Å². The topological polar surface area (TPSA) is 34.1 Å². The Balaban J connectivity index is 2.55. The quantitative estimate of drug-likeness (QED) is 0.787. The molecule has 0 fully saturated rings. The van der Waals surface area contributed by atoms with Crippen molar-refractivity contribution in [2.75, 3.05) is 12.4 Å². The van der Waals surface area contributed by atoms with Gasteiger partial charge >= 0.3 is 0 Å². The summed E-state index contributed by atoms with van der Waals surface area (Å²) in [5.74, 6) is 1.44. The second-order valence-electron chi connectivity index (χ2n) is 3.63. The number of alkyl halides is 1. The van der Waals surface area contributed by atoms with Crippen molar-refractivity contribution >= 4 is 17.4 Å². The highest BCUT2D eigenvalue weighted by Crippen LogP contribution is 2.14. The highest BCUT2D eigenvalue weighted by atomic mass is 35.5. The Kier molecular flexibility index (Phi) is 4.69. The third-order valence-corrected chi connectivity index (χ3v) is 2.18. The van der Waals surface area contributed by atoms with E-state index in [1.54, 1.807) is 7.11 Å². The van der Waals surface area contributed by atoms with E-state index in [0.717, 1.165) is 12.2 Å². The van der Waals surface area contributed by atoms with E-state index in [9.17, 15) is 0 Å².